The van der Waals surface area contributed by atoms with E-state index in [2.05, 4.69) is 24.1 Å². The fourth-order valence-electron chi connectivity index (χ4n) is 2.94. The van der Waals surface area contributed by atoms with Crippen molar-refractivity contribution in [3.63, 3.8) is 0 Å². The van der Waals surface area contributed by atoms with Crippen molar-refractivity contribution in [3.8, 4) is 0 Å². The summed E-state index contributed by atoms with van der Waals surface area (Å²) in [6, 6.07) is 0.490. The predicted octanol–water partition coefficient (Wildman–Crippen LogP) is 0.0942. The molecular weight excluding hydrogens is 250 g/mol. The number of piperazine rings is 1. The van der Waals surface area contributed by atoms with Crippen molar-refractivity contribution in [2.75, 3.05) is 38.5 Å². The smallest absolute Gasteiger partial charge is 0.215 e. The summed E-state index contributed by atoms with van der Waals surface area (Å²) in [7, 11) is -3.09. The Hall–Kier alpha value is -0.170. The molecule has 2 heterocycles. The van der Waals surface area contributed by atoms with E-state index < -0.39 is 10.0 Å². The molecule has 1 N–H and O–H groups in total. The molecule has 0 saturated carbocycles. The zero-order valence-electron chi connectivity index (χ0n) is 11.4. The number of nitrogens with zero attached hydrogens (tertiary/aromatic N) is 2. The highest BCUT2D eigenvalue weighted by atomic mass is 32.2. The molecule has 2 saturated heterocycles. The molecule has 2 fully saturated rings. The van der Waals surface area contributed by atoms with Gasteiger partial charge in [0, 0.05) is 31.7 Å². The van der Waals surface area contributed by atoms with Crippen molar-refractivity contribution in [1.82, 2.24) is 14.5 Å². The fraction of sp³-hybridized carbons (Fsp3) is 1.00. The number of likely N-dealkylation sites (N-methyl/N-ethyl adjacent to an activating group) is 1. The van der Waals surface area contributed by atoms with E-state index in [1.165, 1.54) is 0 Å². The third-order valence-corrected chi connectivity index (χ3v) is 6.04. The first-order valence-electron chi connectivity index (χ1n) is 6.98. The van der Waals surface area contributed by atoms with Crippen LogP contribution in [-0.2, 0) is 10.0 Å². The highest BCUT2D eigenvalue weighted by molar-refractivity contribution is 7.89. The zero-order chi connectivity index (χ0) is 13.2. The highest BCUT2D eigenvalue weighted by Gasteiger charge is 2.32. The van der Waals surface area contributed by atoms with E-state index in [0.717, 1.165) is 32.5 Å². The van der Waals surface area contributed by atoms with Gasteiger partial charge in [0.1, 0.15) is 0 Å². The van der Waals surface area contributed by atoms with Crippen molar-refractivity contribution in [2.45, 2.75) is 38.8 Å². The molecule has 5 nitrogen and oxygen atoms in total. The van der Waals surface area contributed by atoms with E-state index >= 15 is 0 Å². The lowest BCUT2D eigenvalue weighted by Gasteiger charge is -2.38. The number of hydrogen-bond donors (Lipinski definition) is 1. The van der Waals surface area contributed by atoms with Gasteiger partial charge in [0.15, 0.2) is 0 Å². The van der Waals surface area contributed by atoms with Crippen LogP contribution in [0.15, 0.2) is 0 Å². The molecule has 2 rings (SSSR count). The van der Waals surface area contributed by atoms with Crippen LogP contribution >= 0.6 is 0 Å². The lowest BCUT2D eigenvalue weighted by Crippen LogP contribution is -2.54. The van der Waals surface area contributed by atoms with Gasteiger partial charge in [-0.2, -0.15) is 4.31 Å². The number of hydrogen-bond acceptors (Lipinski definition) is 4. The molecule has 2 atom stereocenters. The Kier molecular flexibility index (Phi) is 4.64. The maximum absolute atomic E-state index is 12.3. The molecule has 6 heteroatoms. The van der Waals surface area contributed by atoms with Crippen LogP contribution in [0.4, 0.5) is 0 Å². The molecule has 0 amide bonds. The first-order valence-corrected chi connectivity index (χ1v) is 8.59. The van der Waals surface area contributed by atoms with E-state index in [4.69, 9.17) is 0 Å². The van der Waals surface area contributed by atoms with Gasteiger partial charge >= 0.3 is 0 Å². The second kappa shape index (κ2) is 5.86. The van der Waals surface area contributed by atoms with Gasteiger partial charge in [-0.3, -0.25) is 4.90 Å². The molecule has 2 aliphatic heterocycles. The van der Waals surface area contributed by atoms with Gasteiger partial charge in [-0.05, 0) is 32.9 Å². The Labute approximate surface area is 111 Å². The van der Waals surface area contributed by atoms with E-state index in [9.17, 15) is 8.42 Å². The average molecular weight is 275 g/mol. The molecule has 0 aromatic carbocycles. The minimum atomic E-state index is -3.09. The van der Waals surface area contributed by atoms with Crippen LogP contribution in [-0.4, -0.2) is 68.2 Å². The monoisotopic (exact) mass is 275 g/mol. The second-order valence-electron chi connectivity index (χ2n) is 5.41. The minimum Gasteiger partial charge on any atom is -0.313 e. The lowest BCUT2D eigenvalue weighted by atomic mass is 10.2. The van der Waals surface area contributed by atoms with Crippen molar-refractivity contribution >= 4 is 10.0 Å². The molecule has 18 heavy (non-hydrogen) atoms. The first kappa shape index (κ1) is 14.2. The molecule has 0 aromatic heterocycles. The quantitative estimate of drug-likeness (QED) is 0.790. The molecule has 2 unspecified atom stereocenters. The summed E-state index contributed by atoms with van der Waals surface area (Å²) >= 11 is 0. The van der Waals surface area contributed by atoms with Crippen molar-refractivity contribution in [2.24, 2.45) is 0 Å². The average Bonchev–Trinajstić information content (AvgIpc) is 2.81. The van der Waals surface area contributed by atoms with Crippen LogP contribution in [0.2, 0.25) is 0 Å². The van der Waals surface area contributed by atoms with Crippen LogP contribution < -0.4 is 5.32 Å². The van der Waals surface area contributed by atoms with Gasteiger partial charge < -0.3 is 5.32 Å². The summed E-state index contributed by atoms with van der Waals surface area (Å²) in [5, 5.41) is 3.27. The summed E-state index contributed by atoms with van der Waals surface area (Å²) in [4.78, 5) is 2.33. The van der Waals surface area contributed by atoms with Crippen LogP contribution in [0.3, 0.4) is 0 Å². The molecule has 0 bridgehead atoms. The Bertz CT molecular complexity index is 366. The Balaban J connectivity index is 1.94. The minimum absolute atomic E-state index is 0.162. The molecule has 0 radical (unpaired) electrons. The summed E-state index contributed by atoms with van der Waals surface area (Å²) in [6.45, 7) is 8.34. The zero-order valence-corrected chi connectivity index (χ0v) is 12.2. The summed E-state index contributed by atoms with van der Waals surface area (Å²) in [5.41, 5.74) is 0. The van der Waals surface area contributed by atoms with Crippen molar-refractivity contribution in [1.29, 1.82) is 0 Å². The summed E-state index contributed by atoms with van der Waals surface area (Å²) in [6.07, 6.45) is 2.09. The van der Waals surface area contributed by atoms with Gasteiger partial charge in [-0.25, -0.2) is 8.42 Å². The topological polar surface area (TPSA) is 52.7 Å². The van der Waals surface area contributed by atoms with E-state index in [0.29, 0.717) is 19.1 Å². The second-order valence-corrected chi connectivity index (χ2v) is 7.42. The highest BCUT2D eigenvalue weighted by Crippen LogP contribution is 2.16. The molecular formula is C12H25N3O2S. The molecule has 2 aliphatic rings. The van der Waals surface area contributed by atoms with Crippen LogP contribution in [0, 0.1) is 0 Å². The lowest BCUT2D eigenvalue weighted by molar-refractivity contribution is 0.135. The maximum atomic E-state index is 12.3. The molecule has 0 spiro atoms. The SMILES string of the molecule is CCN1CCN(S(=O)(=O)CC2CCCN2)CC1C. The van der Waals surface area contributed by atoms with Crippen LogP contribution in [0.1, 0.15) is 26.7 Å². The van der Waals surface area contributed by atoms with E-state index in [1.54, 1.807) is 4.31 Å². The Morgan fingerprint density at radius 1 is 1.33 bits per heavy atom. The Morgan fingerprint density at radius 2 is 2.11 bits per heavy atom. The fourth-order valence-corrected chi connectivity index (χ4v) is 4.75. The standard InChI is InChI=1S/C12H25N3O2S/c1-3-14-7-8-15(9-11(14)2)18(16,17)10-12-5-4-6-13-12/h11-13H,3-10H2,1-2H3. The van der Waals surface area contributed by atoms with Gasteiger partial charge in [-0.15, -0.1) is 0 Å². The maximum Gasteiger partial charge on any atom is 0.215 e. The third kappa shape index (κ3) is 3.23. The van der Waals surface area contributed by atoms with Gasteiger partial charge in [0.05, 0.1) is 5.75 Å². The molecule has 0 aromatic rings. The van der Waals surface area contributed by atoms with Gasteiger partial charge in [0.25, 0.3) is 0 Å². The van der Waals surface area contributed by atoms with Gasteiger partial charge in [-0.1, -0.05) is 6.92 Å². The molecule has 0 aliphatic carbocycles. The summed E-state index contributed by atoms with van der Waals surface area (Å²) in [5.74, 6) is 0.270. The van der Waals surface area contributed by atoms with Gasteiger partial charge in [0.2, 0.25) is 10.0 Å². The first-order chi connectivity index (χ1) is 8.53. The normalized spacial score (nSPS) is 31.9. The number of nitrogens with one attached hydrogen (secondary N) is 1. The third-order valence-electron chi connectivity index (χ3n) is 4.10. The summed E-state index contributed by atoms with van der Waals surface area (Å²) < 4.78 is 26.4. The van der Waals surface area contributed by atoms with Crippen molar-refractivity contribution < 1.29 is 8.42 Å². The van der Waals surface area contributed by atoms with Crippen LogP contribution in [0.5, 0.6) is 0 Å². The predicted molar refractivity (Wildman–Crippen MR) is 73.1 cm³/mol. The Morgan fingerprint density at radius 3 is 2.67 bits per heavy atom. The number of sulfonamides is 1. The van der Waals surface area contributed by atoms with E-state index in [-0.39, 0.29) is 11.8 Å². The largest absolute Gasteiger partial charge is 0.313 e. The van der Waals surface area contributed by atoms with Crippen molar-refractivity contribution in [3.05, 3.63) is 0 Å². The van der Waals surface area contributed by atoms with E-state index in [1.807, 2.05) is 0 Å². The number of rotatable bonds is 4. The van der Waals surface area contributed by atoms with Crippen LogP contribution in [0.25, 0.3) is 0 Å². The molecule has 106 valence electrons.